The number of nitrogens with two attached hydrogens (primary N) is 1. The van der Waals surface area contributed by atoms with Gasteiger partial charge in [0.1, 0.15) is 17.5 Å². The summed E-state index contributed by atoms with van der Waals surface area (Å²) < 4.78 is 39.1. The van der Waals surface area contributed by atoms with Crippen molar-refractivity contribution in [2.24, 2.45) is 5.14 Å². The van der Waals surface area contributed by atoms with Gasteiger partial charge in [0.2, 0.25) is 10.0 Å². The monoisotopic (exact) mass is 381 g/mol. The number of nitrogens with zero attached hydrogens (tertiary/aromatic N) is 4. The largest absolute Gasteiger partial charge is 0.336 e. The molecule has 140 valence electrons. The summed E-state index contributed by atoms with van der Waals surface area (Å²) in [5.41, 5.74) is -0.307. The first kappa shape index (κ1) is 18.5. The van der Waals surface area contributed by atoms with Crippen LogP contribution in [0.25, 0.3) is 0 Å². The zero-order chi connectivity index (χ0) is 19.1. The molecule has 0 spiro atoms. The second kappa shape index (κ2) is 6.76. The van der Waals surface area contributed by atoms with Crippen LogP contribution in [-0.2, 0) is 23.0 Å². The van der Waals surface area contributed by atoms with E-state index in [0.717, 1.165) is 29.8 Å². The molecule has 1 aromatic heterocycles. The van der Waals surface area contributed by atoms with Crippen LogP contribution in [-0.4, -0.2) is 47.1 Å². The number of fused-ring (bicyclic) bond motifs is 1. The summed E-state index contributed by atoms with van der Waals surface area (Å²) in [5.74, 6) is 0.466. The van der Waals surface area contributed by atoms with Crippen molar-refractivity contribution in [3.63, 3.8) is 0 Å². The van der Waals surface area contributed by atoms with Gasteiger partial charge in [0.25, 0.3) is 5.91 Å². The van der Waals surface area contributed by atoms with Gasteiger partial charge in [-0.15, -0.1) is 10.2 Å². The van der Waals surface area contributed by atoms with Gasteiger partial charge in [-0.1, -0.05) is 13.8 Å². The van der Waals surface area contributed by atoms with Crippen molar-refractivity contribution in [1.29, 1.82) is 0 Å². The Hall–Kier alpha value is -2.33. The van der Waals surface area contributed by atoms with Gasteiger partial charge < -0.3 is 9.47 Å². The summed E-state index contributed by atoms with van der Waals surface area (Å²) >= 11 is 0. The van der Waals surface area contributed by atoms with E-state index in [1.807, 2.05) is 18.4 Å². The van der Waals surface area contributed by atoms with Crippen LogP contribution in [0.1, 0.15) is 41.8 Å². The van der Waals surface area contributed by atoms with Crippen molar-refractivity contribution in [2.75, 3.05) is 13.1 Å². The number of rotatable bonds is 3. The first-order valence-corrected chi connectivity index (χ1v) is 9.76. The second-order valence-corrected chi connectivity index (χ2v) is 8.07. The number of hydrogen-bond acceptors (Lipinski definition) is 5. The van der Waals surface area contributed by atoms with Crippen molar-refractivity contribution in [2.45, 2.75) is 37.6 Å². The Balaban J connectivity index is 1.86. The molecule has 0 saturated carbocycles. The predicted octanol–water partition coefficient (Wildman–Crippen LogP) is 0.887. The van der Waals surface area contributed by atoms with Crippen LogP contribution in [0.5, 0.6) is 0 Å². The molecular formula is C16H20FN5O3S. The molecule has 0 unspecified atom stereocenters. The molecule has 8 nitrogen and oxygen atoms in total. The van der Waals surface area contributed by atoms with E-state index >= 15 is 0 Å². The smallest absolute Gasteiger partial charge is 0.256 e. The fourth-order valence-electron chi connectivity index (χ4n) is 2.99. The highest BCUT2D eigenvalue weighted by molar-refractivity contribution is 7.89. The van der Waals surface area contributed by atoms with Crippen molar-refractivity contribution in [3.8, 4) is 0 Å². The minimum Gasteiger partial charge on any atom is -0.336 e. The fourth-order valence-corrected chi connectivity index (χ4v) is 3.53. The van der Waals surface area contributed by atoms with E-state index in [2.05, 4.69) is 10.2 Å². The third-order valence-corrected chi connectivity index (χ3v) is 5.27. The molecule has 1 aliphatic heterocycles. The van der Waals surface area contributed by atoms with Gasteiger partial charge in [-0.3, -0.25) is 4.79 Å². The van der Waals surface area contributed by atoms with Crippen molar-refractivity contribution >= 4 is 15.9 Å². The van der Waals surface area contributed by atoms with E-state index in [4.69, 9.17) is 5.14 Å². The molecule has 0 radical (unpaired) electrons. The number of benzene rings is 1. The molecule has 1 amide bonds. The Kier molecular flexibility index (Phi) is 4.80. The number of carbonyl (C=O) groups excluding carboxylic acids is 1. The third kappa shape index (κ3) is 3.47. The normalized spacial score (nSPS) is 15.0. The average Bonchev–Trinajstić information content (AvgIpc) is 2.86. The summed E-state index contributed by atoms with van der Waals surface area (Å²) in [6.45, 7) is 5.22. The van der Waals surface area contributed by atoms with Crippen molar-refractivity contribution in [1.82, 2.24) is 19.7 Å². The molecule has 0 saturated heterocycles. The molecule has 2 heterocycles. The average molecular weight is 381 g/mol. The summed E-state index contributed by atoms with van der Waals surface area (Å²) in [6.07, 6.45) is 0.488. The lowest BCUT2D eigenvalue weighted by Gasteiger charge is -2.21. The number of aromatic nitrogens is 3. The van der Waals surface area contributed by atoms with Crippen LogP contribution in [0.3, 0.4) is 0 Å². The van der Waals surface area contributed by atoms with E-state index in [0.29, 0.717) is 26.1 Å². The SMILES string of the molecule is CC(C)c1nnc2n1CCN(C(=O)c1cc(S(N)(=O)=O)ccc1F)CC2. The first-order chi connectivity index (χ1) is 12.2. The van der Waals surface area contributed by atoms with Crippen LogP contribution in [0.4, 0.5) is 4.39 Å². The van der Waals surface area contributed by atoms with E-state index in [1.54, 1.807) is 0 Å². The minimum absolute atomic E-state index is 0.197. The van der Waals surface area contributed by atoms with Crippen molar-refractivity contribution in [3.05, 3.63) is 41.2 Å². The molecular weight excluding hydrogens is 361 g/mol. The quantitative estimate of drug-likeness (QED) is 0.849. The summed E-state index contributed by atoms with van der Waals surface area (Å²) in [5, 5.41) is 13.4. The number of amides is 1. The molecule has 0 atom stereocenters. The Morgan fingerprint density at radius 1 is 1.23 bits per heavy atom. The number of sulfonamides is 1. The van der Waals surface area contributed by atoms with Gasteiger partial charge in [-0.05, 0) is 18.2 Å². The molecule has 26 heavy (non-hydrogen) atoms. The molecule has 2 aromatic rings. The molecule has 2 N–H and O–H groups in total. The molecule has 10 heteroatoms. The number of halogens is 1. The Morgan fingerprint density at radius 2 is 1.96 bits per heavy atom. The standard InChI is InChI=1S/C16H20FN5O3S/c1-10(2)15-20-19-14-5-6-21(7-8-22(14)15)16(23)12-9-11(26(18,24)25)3-4-13(12)17/h3-4,9-10H,5-8H2,1-2H3,(H2,18,24,25). The Labute approximate surface area is 150 Å². The van der Waals surface area contributed by atoms with Gasteiger partial charge in [0.15, 0.2) is 0 Å². The molecule has 0 aliphatic carbocycles. The van der Waals surface area contributed by atoms with E-state index in [1.165, 1.54) is 4.90 Å². The van der Waals surface area contributed by atoms with Gasteiger partial charge in [0, 0.05) is 32.0 Å². The maximum absolute atomic E-state index is 14.1. The summed E-state index contributed by atoms with van der Waals surface area (Å²) in [7, 11) is -4.02. The van der Waals surface area contributed by atoms with Crippen LogP contribution in [0.2, 0.25) is 0 Å². The molecule has 0 fully saturated rings. The maximum atomic E-state index is 14.1. The highest BCUT2D eigenvalue weighted by Gasteiger charge is 2.26. The summed E-state index contributed by atoms with van der Waals surface area (Å²) in [6, 6.07) is 2.97. The highest BCUT2D eigenvalue weighted by Crippen LogP contribution is 2.20. The lowest BCUT2D eigenvalue weighted by atomic mass is 10.1. The zero-order valence-electron chi connectivity index (χ0n) is 14.5. The van der Waals surface area contributed by atoms with E-state index < -0.39 is 21.7 Å². The van der Waals surface area contributed by atoms with Crippen LogP contribution in [0, 0.1) is 5.82 Å². The topological polar surface area (TPSA) is 111 Å². The first-order valence-electron chi connectivity index (χ1n) is 8.22. The maximum Gasteiger partial charge on any atom is 0.256 e. The Morgan fingerprint density at radius 3 is 2.62 bits per heavy atom. The number of hydrogen-bond donors (Lipinski definition) is 1. The van der Waals surface area contributed by atoms with E-state index in [-0.39, 0.29) is 16.4 Å². The van der Waals surface area contributed by atoms with Crippen molar-refractivity contribution < 1.29 is 17.6 Å². The van der Waals surface area contributed by atoms with Gasteiger partial charge >= 0.3 is 0 Å². The van der Waals surface area contributed by atoms with Gasteiger partial charge in [-0.2, -0.15) is 0 Å². The van der Waals surface area contributed by atoms with Gasteiger partial charge in [0.05, 0.1) is 10.5 Å². The summed E-state index contributed by atoms with van der Waals surface area (Å²) in [4.78, 5) is 13.9. The highest BCUT2D eigenvalue weighted by atomic mass is 32.2. The zero-order valence-corrected chi connectivity index (χ0v) is 15.3. The predicted molar refractivity (Wildman–Crippen MR) is 91.5 cm³/mol. The lowest BCUT2D eigenvalue weighted by molar-refractivity contribution is 0.0753. The molecule has 1 aliphatic rings. The van der Waals surface area contributed by atoms with Crippen LogP contribution < -0.4 is 5.14 Å². The number of carbonyl (C=O) groups is 1. The second-order valence-electron chi connectivity index (χ2n) is 6.51. The molecule has 3 rings (SSSR count). The lowest BCUT2D eigenvalue weighted by Crippen LogP contribution is -2.34. The Bertz CT molecular complexity index is 955. The van der Waals surface area contributed by atoms with Crippen LogP contribution >= 0.6 is 0 Å². The molecule has 0 bridgehead atoms. The van der Waals surface area contributed by atoms with E-state index in [9.17, 15) is 17.6 Å². The fraction of sp³-hybridized carbons (Fsp3) is 0.438. The minimum atomic E-state index is -4.02. The van der Waals surface area contributed by atoms with Gasteiger partial charge in [-0.25, -0.2) is 17.9 Å². The molecule has 1 aromatic carbocycles. The van der Waals surface area contributed by atoms with Crippen LogP contribution in [0.15, 0.2) is 23.1 Å². The third-order valence-electron chi connectivity index (χ3n) is 4.36. The number of primary sulfonamides is 1.